The third kappa shape index (κ3) is 3.93. The van der Waals surface area contributed by atoms with E-state index in [1.54, 1.807) is 49.6 Å². The molecular formula is C13H12ClN3O2. The van der Waals surface area contributed by atoms with Crippen LogP contribution in [0.15, 0.2) is 42.7 Å². The Hall–Kier alpha value is -2.14. The molecule has 0 aliphatic carbocycles. The van der Waals surface area contributed by atoms with Gasteiger partial charge in [0.1, 0.15) is 5.75 Å². The summed E-state index contributed by atoms with van der Waals surface area (Å²) in [5.74, 6) is 0.501. The van der Waals surface area contributed by atoms with Crippen molar-refractivity contribution in [2.45, 2.75) is 13.0 Å². The second kappa shape index (κ2) is 6.15. The van der Waals surface area contributed by atoms with Gasteiger partial charge < -0.3 is 4.74 Å². The minimum Gasteiger partial charge on any atom is -0.481 e. The van der Waals surface area contributed by atoms with Crippen molar-refractivity contribution >= 4 is 23.5 Å². The molecular weight excluding hydrogens is 266 g/mol. The van der Waals surface area contributed by atoms with Crippen molar-refractivity contribution in [3.63, 3.8) is 0 Å². The van der Waals surface area contributed by atoms with Crippen molar-refractivity contribution in [1.29, 1.82) is 0 Å². The molecule has 0 unspecified atom stereocenters. The molecule has 0 radical (unpaired) electrons. The van der Waals surface area contributed by atoms with Gasteiger partial charge >= 0.3 is 0 Å². The van der Waals surface area contributed by atoms with Crippen LogP contribution in [0.1, 0.15) is 6.92 Å². The van der Waals surface area contributed by atoms with E-state index >= 15 is 0 Å². The molecule has 0 spiro atoms. The summed E-state index contributed by atoms with van der Waals surface area (Å²) in [5.41, 5.74) is 0. The second-order valence-electron chi connectivity index (χ2n) is 3.78. The highest BCUT2D eigenvalue weighted by molar-refractivity contribution is 6.30. The van der Waals surface area contributed by atoms with Gasteiger partial charge in [0.05, 0.1) is 0 Å². The lowest BCUT2D eigenvalue weighted by Gasteiger charge is -2.13. The second-order valence-corrected chi connectivity index (χ2v) is 4.21. The maximum atomic E-state index is 11.8. The zero-order valence-corrected chi connectivity index (χ0v) is 11.0. The molecule has 1 amide bonds. The molecule has 0 aliphatic heterocycles. The number of nitrogens with one attached hydrogen (secondary N) is 1. The molecule has 0 fully saturated rings. The van der Waals surface area contributed by atoms with E-state index in [1.807, 2.05) is 0 Å². The number of ether oxygens (including phenoxy) is 1. The van der Waals surface area contributed by atoms with Crippen LogP contribution in [0.5, 0.6) is 5.75 Å². The van der Waals surface area contributed by atoms with Crippen molar-refractivity contribution in [1.82, 2.24) is 9.97 Å². The number of aromatic nitrogens is 2. The van der Waals surface area contributed by atoms with E-state index in [0.717, 1.165) is 0 Å². The van der Waals surface area contributed by atoms with Crippen LogP contribution in [-0.4, -0.2) is 22.0 Å². The fourth-order valence-corrected chi connectivity index (χ4v) is 1.47. The van der Waals surface area contributed by atoms with Crippen LogP contribution in [0.25, 0.3) is 0 Å². The molecule has 1 atom stereocenters. The fourth-order valence-electron chi connectivity index (χ4n) is 1.35. The number of benzene rings is 1. The summed E-state index contributed by atoms with van der Waals surface area (Å²) in [4.78, 5) is 19.6. The predicted molar refractivity (Wildman–Crippen MR) is 72.2 cm³/mol. The number of amides is 1. The molecule has 6 heteroatoms. The van der Waals surface area contributed by atoms with Crippen LogP contribution in [0.3, 0.4) is 0 Å². The van der Waals surface area contributed by atoms with Gasteiger partial charge in [-0.15, -0.1) is 0 Å². The van der Waals surface area contributed by atoms with Gasteiger partial charge in [0.2, 0.25) is 5.95 Å². The predicted octanol–water partition coefficient (Wildman–Crippen LogP) is 2.54. The molecule has 0 bridgehead atoms. The van der Waals surface area contributed by atoms with Crippen molar-refractivity contribution in [2.24, 2.45) is 0 Å². The first-order valence-corrected chi connectivity index (χ1v) is 6.03. The van der Waals surface area contributed by atoms with Gasteiger partial charge in [-0.1, -0.05) is 11.6 Å². The third-order valence-electron chi connectivity index (χ3n) is 2.30. The minimum atomic E-state index is -0.662. The monoisotopic (exact) mass is 277 g/mol. The summed E-state index contributed by atoms with van der Waals surface area (Å²) in [7, 11) is 0. The highest BCUT2D eigenvalue weighted by Gasteiger charge is 2.15. The van der Waals surface area contributed by atoms with E-state index in [9.17, 15) is 4.79 Å². The smallest absolute Gasteiger partial charge is 0.267 e. The molecule has 98 valence electrons. The summed E-state index contributed by atoms with van der Waals surface area (Å²) >= 11 is 5.77. The Morgan fingerprint density at radius 2 is 1.89 bits per heavy atom. The first-order chi connectivity index (χ1) is 9.15. The normalized spacial score (nSPS) is 11.7. The number of carbonyl (C=O) groups excluding carboxylic acids is 1. The van der Waals surface area contributed by atoms with Crippen molar-refractivity contribution < 1.29 is 9.53 Å². The summed E-state index contributed by atoms with van der Waals surface area (Å²) in [5, 5.41) is 3.17. The van der Waals surface area contributed by atoms with Crippen molar-refractivity contribution in [3.8, 4) is 5.75 Å². The van der Waals surface area contributed by atoms with E-state index in [0.29, 0.717) is 10.8 Å². The molecule has 2 rings (SSSR count). The van der Waals surface area contributed by atoms with E-state index in [-0.39, 0.29) is 11.9 Å². The number of hydrogen-bond donors (Lipinski definition) is 1. The quantitative estimate of drug-likeness (QED) is 0.933. The highest BCUT2D eigenvalue weighted by Crippen LogP contribution is 2.17. The Labute approximate surface area is 115 Å². The van der Waals surface area contributed by atoms with Crippen LogP contribution < -0.4 is 10.1 Å². The maximum absolute atomic E-state index is 11.8. The molecule has 5 nitrogen and oxygen atoms in total. The van der Waals surface area contributed by atoms with Crippen LogP contribution in [0.4, 0.5) is 5.95 Å². The third-order valence-corrected chi connectivity index (χ3v) is 2.55. The molecule has 2 aromatic rings. The number of rotatable bonds is 4. The fraction of sp³-hybridized carbons (Fsp3) is 0.154. The molecule has 1 aromatic heterocycles. The average Bonchev–Trinajstić information content (AvgIpc) is 2.42. The molecule has 1 N–H and O–H groups in total. The Morgan fingerprint density at radius 1 is 1.26 bits per heavy atom. The SMILES string of the molecule is C[C@H](Oc1ccc(Cl)cc1)C(=O)Nc1ncccn1. The maximum Gasteiger partial charge on any atom is 0.267 e. The number of halogens is 1. The van der Waals surface area contributed by atoms with E-state index in [1.165, 1.54) is 0 Å². The first-order valence-electron chi connectivity index (χ1n) is 5.65. The standard InChI is InChI=1S/C13H12ClN3O2/c1-9(19-11-5-3-10(14)4-6-11)12(18)17-13-15-7-2-8-16-13/h2-9H,1H3,(H,15,16,17,18)/t9-/m0/s1. The zero-order valence-electron chi connectivity index (χ0n) is 10.2. The molecule has 19 heavy (non-hydrogen) atoms. The minimum absolute atomic E-state index is 0.249. The first kappa shape index (κ1) is 13.3. The van der Waals surface area contributed by atoms with E-state index in [4.69, 9.17) is 16.3 Å². The van der Waals surface area contributed by atoms with Gasteiger partial charge in [-0.2, -0.15) is 0 Å². The number of carbonyl (C=O) groups is 1. The Balaban J connectivity index is 1.94. The summed E-state index contributed by atoms with van der Waals surface area (Å²) in [6, 6.07) is 8.46. The molecule has 1 aromatic carbocycles. The van der Waals surface area contributed by atoms with Gasteiger partial charge in [-0.3, -0.25) is 10.1 Å². The summed E-state index contributed by atoms with van der Waals surface area (Å²) < 4.78 is 5.48. The van der Waals surface area contributed by atoms with Crippen LogP contribution in [-0.2, 0) is 4.79 Å². The van der Waals surface area contributed by atoms with Crippen LogP contribution in [0.2, 0.25) is 5.02 Å². The van der Waals surface area contributed by atoms with Gasteiger partial charge in [-0.25, -0.2) is 9.97 Å². The molecule has 0 saturated carbocycles. The number of anilines is 1. The van der Waals surface area contributed by atoms with Gasteiger partial charge in [0.25, 0.3) is 5.91 Å². The lowest BCUT2D eigenvalue weighted by molar-refractivity contribution is -0.122. The lowest BCUT2D eigenvalue weighted by atomic mass is 10.3. The van der Waals surface area contributed by atoms with Crippen molar-refractivity contribution in [3.05, 3.63) is 47.7 Å². The van der Waals surface area contributed by atoms with Crippen LogP contribution >= 0.6 is 11.6 Å². The molecule has 1 heterocycles. The summed E-state index contributed by atoms with van der Waals surface area (Å²) in [6.07, 6.45) is 2.44. The molecule has 0 aliphatic rings. The number of hydrogen-bond acceptors (Lipinski definition) is 4. The molecule has 0 saturated heterocycles. The van der Waals surface area contributed by atoms with Crippen LogP contribution in [0, 0.1) is 0 Å². The Bertz CT molecular complexity index is 546. The Morgan fingerprint density at radius 3 is 2.53 bits per heavy atom. The van der Waals surface area contributed by atoms with Gasteiger partial charge in [0, 0.05) is 17.4 Å². The number of nitrogens with zero attached hydrogens (tertiary/aromatic N) is 2. The summed E-state index contributed by atoms with van der Waals surface area (Å²) in [6.45, 7) is 1.65. The van der Waals surface area contributed by atoms with Gasteiger partial charge in [-0.05, 0) is 37.3 Å². The topological polar surface area (TPSA) is 64.1 Å². The van der Waals surface area contributed by atoms with Crippen molar-refractivity contribution in [2.75, 3.05) is 5.32 Å². The van der Waals surface area contributed by atoms with E-state index in [2.05, 4.69) is 15.3 Å². The largest absolute Gasteiger partial charge is 0.481 e. The highest BCUT2D eigenvalue weighted by atomic mass is 35.5. The van der Waals surface area contributed by atoms with Gasteiger partial charge in [0.15, 0.2) is 6.10 Å². The Kier molecular flexibility index (Phi) is 4.30. The van der Waals surface area contributed by atoms with E-state index < -0.39 is 6.10 Å². The zero-order chi connectivity index (χ0) is 13.7. The average molecular weight is 278 g/mol. The lowest BCUT2D eigenvalue weighted by Crippen LogP contribution is -2.30.